The molecular weight excluding hydrogens is 254 g/mol. The predicted octanol–water partition coefficient (Wildman–Crippen LogP) is 0.926. The zero-order valence-corrected chi connectivity index (χ0v) is 12.1. The van der Waals surface area contributed by atoms with Gasteiger partial charge in [-0.25, -0.2) is 0 Å². The van der Waals surface area contributed by atoms with Crippen LogP contribution in [0.4, 0.5) is 0 Å². The molecule has 1 aliphatic rings. The van der Waals surface area contributed by atoms with Gasteiger partial charge in [-0.2, -0.15) is 0 Å². The summed E-state index contributed by atoms with van der Waals surface area (Å²) in [5.41, 5.74) is 1.16. The normalized spacial score (nSPS) is 20.6. The zero-order valence-electron chi connectivity index (χ0n) is 12.1. The van der Waals surface area contributed by atoms with Crippen LogP contribution in [0.1, 0.15) is 25.3 Å². The second-order valence-electron chi connectivity index (χ2n) is 5.46. The maximum Gasteiger partial charge on any atom is 0.239 e. The number of nitrogens with one attached hydrogen (secondary N) is 2. The van der Waals surface area contributed by atoms with Crippen LogP contribution in [0.15, 0.2) is 24.5 Å². The smallest absolute Gasteiger partial charge is 0.239 e. The van der Waals surface area contributed by atoms with E-state index in [4.69, 9.17) is 4.74 Å². The summed E-state index contributed by atoms with van der Waals surface area (Å²) >= 11 is 0. The van der Waals surface area contributed by atoms with E-state index in [2.05, 4.69) is 35.5 Å². The van der Waals surface area contributed by atoms with Gasteiger partial charge in [-0.3, -0.25) is 9.78 Å². The molecule has 2 unspecified atom stereocenters. The third kappa shape index (κ3) is 4.02. The molecule has 1 fully saturated rings. The van der Waals surface area contributed by atoms with E-state index in [-0.39, 0.29) is 17.9 Å². The van der Waals surface area contributed by atoms with E-state index in [1.165, 1.54) is 0 Å². The fourth-order valence-corrected chi connectivity index (χ4v) is 2.40. The molecule has 0 aromatic carbocycles. The number of aromatic nitrogens is 1. The average molecular weight is 277 g/mol. The van der Waals surface area contributed by atoms with E-state index >= 15 is 0 Å². The number of hydrogen-bond donors (Lipinski definition) is 2. The highest BCUT2D eigenvalue weighted by molar-refractivity contribution is 5.82. The molecule has 2 atom stereocenters. The number of carbonyl (C=O) groups excluding carboxylic acids is 1. The Hall–Kier alpha value is -1.46. The van der Waals surface area contributed by atoms with Gasteiger partial charge in [-0.05, 0) is 17.5 Å². The molecule has 0 saturated carbocycles. The van der Waals surface area contributed by atoms with Gasteiger partial charge in [-0.15, -0.1) is 0 Å². The van der Waals surface area contributed by atoms with Gasteiger partial charge in [0, 0.05) is 31.4 Å². The second kappa shape index (κ2) is 7.36. The van der Waals surface area contributed by atoms with E-state index < -0.39 is 0 Å². The lowest BCUT2D eigenvalue weighted by atomic mass is 9.89. The van der Waals surface area contributed by atoms with E-state index in [0.29, 0.717) is 25.7 Å². The molecule has 1 aromatic heterocycles. The fraction of sp³-hybridized carbons (Fsp3) is 0.600. The van der Waals surface area contributed by atoms with Crippen LogP contribution < -0.4 is 10.6 Å². The number of rotatable bonds is 5. The van der Waals surface area contributed by atoms with Crippen molar-refractivity contribution in [3.05, 3.63) is 30.1 Å². The van der Waals surface area contributed by atoms with Gasteiger partial charge >= 0.3 is 0 Å². The second-order valence-corrected chi connectivity index (χ2v) is 5.46. The molecule has 110 valence electrons. The molecule has 2 N–H and O–H groups in total. The molecule has 2 heterocycles. The van der Waals surface area contributed by atoms with Crippen molar-refractivity contribution >= 4 is 5.91 Å². The van der Waals surface area contributed by atoms with Crippen LogP contribution in [0.5, 0.6) is 0 Å². The number of nitrogens with zero attached hydrogens (tertiary/aromatic N) is 1. The molecule has 5 nitrogen and oxygen atoms in total. The molecular formula is C15H23N3O2. The Balaban J connectivity index is 1.91. The lowest BCUT2D eigenvalue weighted by Gasteiger charge is -2.26. The van der Waals surface area contributed by atoms with Crippen molar-refractivity contribution in [3.63, 3.8) is 0 Å². The van der Waals surface area contributed by atoms with Gasteiger partial charge in [0.1, 0.15) is 6.04 Å². The van der Waals surface area contributed by atoms with Gasteiger partial charge in [0.25, 0.3) is 0 Å². The lowest BCUT2D eigenvalue weighted by Crippen LogP contribution is -2.51. The van der Waals surface area contributed by atoms with Crippen molar-refractivity contribution in [2.75, 3.05) is 26.3 Å². The number of pyridine rings is 1. The Labute approximate surface area is 120 Å². The topological polar surface area (TPSA) is 63.2 Å². The molecule has 1 aliphatic heterocycles. The molecule has 2 rings (SSSR count). The van der Waals surface area contributed by atoms with Crippen molar-refractivity contribution in [1.82, 2.24) is 15.6 Å². The van der Waals surface area contributed by atoms with Crippen molar-refractivity contribution < 1.29 is 9.53 Å². The number of ether oxygens (including phenoxy) is 1. The van der Waals surface area contributed by atoms with Crippen molar-refractivity contribution in [2.24, 2.45) is 5.92 Å². The third-order valence-electron chi connectivity index (χ3n) is 3.65. The molecule has 0 spiro atoms. The van der Waals surface area contributed by atoms with Crippen LogP contribution in [0.2, 0.25) is 0 Å². The largest absolute Gasteiger partial charge is 0.378 e. The summed E-state index contributed by atoms with van der Waals surface area (Å²) < 4.78 is 5.31. The lowest BCUT2D eigenvalue weighted by molar-refractivity contribution is -0.126. The highest BCUT2D eigenvalue weighted by Gasteiger charge is 2.23. The highest BCUT2D eigenvalue weighted by Crippen LogP contribution is 2.22. The number of amides is 1. The summed E-state index contributed by atoms with van der Waals surface area (Å²) in [7, 11) is 0. The van der Waals surface area contributed by atoms with Gasteiger partial charge in [0.05, 0.1) is 13.2 Å². The molecule has 0 aliphatic carbocycles. The standard InChI is InChI=1S/C15H23N3O2/c1-11(2)13(12-4-3-5-16-8-12)9-18-15(19)14-10-20-7-6-17-14/h3-5,8,11,13-14,17H,6-7,9-10H2,1-2H3,(H,18,19). The highest BCUT2D eigenvalue weighted by atomic mass is 16.5. The molecule has 1 amide bonds. The van der Waals surface area contributed by atoms with E-state index in [1.807, 2.05) is 12.3 Å². The molecule has 1 saturated heterocycles. The van der Waals surface area contributed by atoms with Crippen molar-refractivity contribution in [3.8, 4) is 0 Å². The first-order chi connectivity index (χ1) is 9.68. The number of carbonyl (C=O) groups is 1. The van der Waals surface area contributed by atoms with Crippen LogP contribution >= 0.6 is 0 Å². The first kappa shape index (κ1) is 14.9. The van der Waals surface area contributed by atoms with Crippen LogP contribution in [0.3, 0.4) is 0 Å². The van der Waals surface area contributed by atoms with Crippen molar-refractivity contribution in [2.45, 2.75) is 25.8 Å². The SMILES string of the molecule is CC(C)C(CNC(=O)C1COCCN1)c1cccnc1. The molecule has 1 aromatic rings. The minimum absolute atomic E-state index is 0.0132. The number of morpholine rings is 1. The Bertz CT molecular complexity index is 416. The van der Waals surface area contributed by atoms with Crippen LogP contribution in [0, 0.1) is 5.92 Å². The zero-order chi connectivity index (χ0) is 14.4. The first-order valence-electron chi connectivity index (χ1n) is 7.17. The maximum absolute atomic E-state index is 12.1. The van der Waals surface area contributed by atoms with E-state index in [0.717, 1.165) is 12.1 Å². The monoisotopic (exact) mass is 277 g/mol. The minimum Gasteiger partial charge on any atom is -0.378 e. The Morgan fingerprint density at radius 2 is 2.45 bits per heavy atom. The van der Waals surface area contributed by atoms with Crippen LogP contribution in [-0.4, -0.2) is 43.2 Å². The Morgan fingerprint density at radius 3 is 3.05 bits per heavy atom. The quantitative estimate of drug-likeness (QED) is 0.840. The Morgan fingerprint density at radius 1 is 1.60 bits per heavy atom. The van der Waals surface area contributed by atoms with Gasteiger partial charge in [0.2, 0.25) is 5.91 Å². The predicted molar refractivity (Wildman–Crippen MR) is 77.4 cm³/mol. The van der Waals surface area contributed by atoms with Crippen LogP contribution in [0.25, 0.3) is 0 Å². The summed E-state index contributed by atoms with van der Waals surface area (Å²) in [4.78, 5) is 16.2. The first-order valence-corrected chi connectivity index (χ1v) is 7.17. The molecule has 20 heavy (non-hydrogen) atoms. The van der Waals surface area contributed by atoms with Crippen molar-refractivity contribution in [1.29, 1.82) is 0 Å². The van der Waals surface area contributed by atoms with E-state index in [9.17, 15) is 4.79 Å². The third-order valence-corrected chi connectivity index (χ3v) is 3.65. The molecule has 0 bridgehead atoms. The summed E-state index contributed by atoms with van der Waals surface area (Å²) in [6, 6.07) is 3.76. The summed E-state index contributed by atoms with van der Waals surface area (Å²) in [5, 5.41) is 6.19. The summed E-state index contributed by atoms with van der Waals surface area (Å²) in [6.07, 6.45) is 3.64. The van der Waals surface area contributed by atoms with E-state index in [1.54, 1.807) is 6.20 Å². The summed E-state index contributed by atoms with van der Waals surface area (Å²) in [6.45, 7) is 6.80. The maximum atomic E-state index is 12.1. The van der Waals surface area contributed by atoms with Gasteiger partial charge in [-0.1, -0.05) is 19.9 Å². The average Bonchev–Trinajstić information content (AvgIpc) is 2.49. The summed E-state index contributed by atoms with van der Waals surface area (Å²) in [5.74, 6) is 0.728. The van der Waals surface area contributed by atoms with Gasteiger partial charge < -0.3 is 15.4 Å². The van der Waals surface area contributed by atoms with Gasteiger partial charge in [0.15, 0.2) is 0 Å². The minimum atomic E-state index is -0.231. The molecule has 5 heteroatoms. The molecule has 0 radical (unpaired) electrons. The fourth-order valence-electron chi connectivity index (χ4n) is 2.40. The number of hydrogen-bond acceptors (Lipinski definition) is 4. The Kier molecular flexibility index (Phi) is 5.49. The van der Waals surface area contributed by atoms with Crippen LogP contribution in [-0.2, 0) is 9.53 Å².